The van der Waals surface area contributed by atoms with Gasteiger partial charge in [-0.25, -0.2) is 4.79 Å². The molecule has 0 saturated carbocycles. The molecule has 0 radical (unpaired) electrons. The number of aliphatic hydroxyl groups excluding tert-OH is 2. The van der Waals surface area contributed by atoms with Crippen LogP contribution in [0.25, 0.3) is 0 Å². The number of allylic oxidation sites excluding steroid dienone is 22. The van der Waals surface area contributed by atoms with E-state index in [1.165, 1.54) is 12.8 Å². The van der Waals surface area contributed by atoms with E-state index in [2.05, 4.69) is 142 Å². The number of aliphatic hydroxyl groups is 2. The summed E-state index contributed by atoms with van der Waals surface area (Å²) in [5.74, 6) is -3.30. The zero-order chi connectivity index (χ0) is 56.1. The summed E-state index contributed by atoms with van der Waals surface area (Å²) in [7, 11) is 0. The van der Waals surface area contributed by atoms with Gasteiger partial charge in [-0.15, -0.1) is 0 Å². The molecule has 1 rings (SSSR count). The van der Waals surface area contributed by atoms with E-state index in [0.29, 0.717) is 19.3 Å². The van der Waals surface area contributed by atoms with Crippen molar-refractivity contribution in [2.75, 3.05) is 13.2 Å². The van der Waals surface area contributed by atoms with Crippen LogP contribution >= 0.6 is 0 Å². The van der Waals surface area contributed by atoms with E-state index in [0.717, 1.165) is 128 Å². The maximum Gasteiger partial charge on any atom is 0.335 e. The van der Waals surface area contributed by atoms with Crippen LogP contribution in [-0.4, -0.2) is 89.2 Å². The molecule has 0 amide bonds. The lowest BCUT2D eigenvalue weighted by atomic mass is 9.98. The molecule has 0 aromatic carbocycles. The largest absolute Gasteiger partial charge is 0.479 e. The highest BCUT2D eigenvalue weighted by Crippen LogP contribution is 2.26. The Labute approximate surface area is 464 Å². The van der Waals surface area contributed by atoms with Crippen LogP contribution in [0.5, 0.6) is 0 Å². The van der Waals surface area contributed by atoms with E-state index in [1.807, 2.05) is 12.2 Å². The predicted molar refractivity (Wildman–Crippen MR) is 312 cm³/mol. The van der Waals surface area contributed by atoms with Crippen LogP contribution in [0.3, 0.4) is 0 Å². The quantitative estimate of drug-likeness (QED) is 0.0228. The number of esters is 3. The molecule has 6 unspecified atom stereocenters. The van der Waals surface area contributed by atoms with Gasteiger partial charge >= 0.3 is 23.9 Å². The molecule has 1 saturated heterocycles. The number of aliphatic carboxylic acids is 1. The third-order valence-corrected chi connectivity index (χ3v) is 12.2. The van der Waals surface area contributed by atoms with E-state index < -0.39 is 67.3 Å². The zero-order valence-corrected chi connectivity index (χ0v) is 47.4. The van der Waals surface area contributed by atoms with Gasteiger partial charge in [-0.1, -0.05) is 199 Å². The van der Waals surface area contributed by atoms with Crippen molar-refractivity contribution < 1.29 is 58.2 Å². The van der Waals surface area contributed by atoms with Gasteiger partial charge in [0, 0.05) is 19.3 Å². The number of ether oxygens (including phenoxy) is 5. The van der Waals surface area contributed by atoms with Gasteiger partial charge in [0.1, 0.15) is 18.8 Å². The summed E-state index contributed by atoms with van der Waals surface area (Å²) in [5.41, 5.74) is 0. The van der Waals surface area contributed by atoms with Gasteiger partial charge in [-0.05, 0) is 116 Å². The maximum atomic E-state index is 13.1. The van der Waals surface area contributed by atoms with Crippen molar-refractivity contribution in [3.05, 3.63) is 134 Å². The van der Waals surface area contributed by atoms with Crippen molar-refractivity contribution in [1.29, 1.82) is 0 Å². The molecule has 0 bridgehead atoms. The first-order valence-corrected chi connectivity index (χ1v) is 29.2. The molecule has 0 spiro atoms. The third-order valence-electron chi connectivity index (χ3n) is 12.2. The summed E-state index contributed by atoms with van der Waals surface area (Å²) in [6.07, 6.45) is 60.1. The van der Waals surface area contributed by atoms with Crippen LogP contribution in [0.1, 0.15) is 201 Å². The van der Waals surface area contributed by atoms with Gasteiger partial charge in [0.05, 0.1) is 6.61 Å². The van der Waals surface area contributed by atoms with Crippen molar-refractivity contribution >= 4 is 23.9 Å². The maximum absolute atomic E-state index is 13.1. The molecular formula is C65H100O12. The van der Waals surface area contributed by atoms with Crippen LogP contribution < -0.4 is 0 Å². The summed E-state index contributed by atoms with van der Waals surface area (Å²) in [5, 5.41) is 31.4. The zero-order valence-electron chi connectivity index (χ0n) is 47.4. The summed E-state index contributed by atoms with van der Waals surface area (Å²) in [6, 6.07) is 0. The second-order valence-electron chi connectivity index (χ2n) is 19.2. The second-order valence-corrected chi connectivity index (χ2v) is 19.2. The molecule has 1 heterocycles. The lowest BCUT2D eigenvalue weighted by Crippen LogP contribution is -2.61. The number of carbonyl (C=O) groups excluding carboxylic acids is 3. The van der Waals surface area contributed by atoms with E-state index >= 15 is 0 Å². The number of rotatable bonds is 47. The summed E-state index contributed by atoms with van der Waals surface area (Å²) >= 11 is 0. The van der Waals surface area contributed by atoms with Gasteiger partial charge < -0.3 is 39.0 Å². The Bertz CT molecular complexity index is 1850. The van der Waals surface area contributed by atoms with Gasteiger partial charge in [0.15, 0.2) is 24.6 Å². The molecule has 6 atom stereocenters. The smallest absolute Gasteiger partial charge is 0.335 e. The van der Waals surface area contributed by atoms with Crippen molar-refractivity contribution in [2.24, 2.45) is 0 Å². The predicted octanol–water partition coefficient (Wildman–Crippen LogP) is 15.0. The highest BCUT2D eigenvalue weighted by Gasteiger charge is 2.50. The monoisotopic (exact) mass is 1070 g/mol. The molecule has 1 fully saturated rings. The van der Waals surface area contributed by atoms with Gasteiger partial charge in [-0.2, -0.15) is 0 Å². The molecule has 12 heteroatoms. The Morgan fingerprint density at radius 2 is 0.844 bits per heavy atom. The first-order chi connectivity index (χ1) is 37.6. The fourth-order valence-corrected chi connectivity index (χ4v) is 7.78. The minimum atomic E-state index is -1.93. The molecule has 1 aliphatic rings. The van der Waals surface area contributed by atoms with Crippen LogP contribution in [0.2, 0.25) is 0 Å². The van der Waals surface area contributed by atoms with E-state index in [9.17, 15) is 34.5 Å². The van der Waals surface area contributed by atoms with E-state index in [-0.39, 0.29) is 25.9 Å². The molecule has 432 valence electrons. The van der Waals surface area contributed by atoms with Crippen LogP contribution in [-0.2, 0) is 42.9 Å². The summed E-state index contributed by atoms with van der Waals surface area (Å²) < 4.78 is 28.3. The number of carboxylic acids is 1. The molecule has 1 aliphatic heterocycles. The molecule has 12 nitrogen and oxygen atoms in total. The molecular weight excluding hydrogens is 973 g/mol. The Kier molecular flexibility index (Phi) is 46.8. The van der Waals surface area contributed by atoms with Crippen LogP contribution in [0.4, 0.5) is 0 Å². The van der Waals surface area contributed by atoms with E-state index in [1.54, 1.807) is 0 Å². The lowest BCUT2D eigenvalue weighted by molar-refractivity contribution is -0.301. The molecule has 3 N–H and O–H groups in total. The lowest BCUT2D eigenvalue weighted by Gasteiger charge is -2.40. The second kappa shape index (κ2) is 51.6. The summed E-state index contributed by atoms with van der Waals surface area (Å²) in [4.78, 5) is 51.0. The SMILES string of the molecule is CC/C=C\C/C=C\C/C=C\C/C=C\C/C=C\C/C=C\CCC(=O)OCC(COC1OC(C(=O)O)C(O)C(O)C1OC(=O)CCCCCCC/C=C\CCCC)OC(=O)CCCCCC/C=C\C/C=C\C/C=C\C/C=C\CC. The third kappa shape index (κ3) is 41.6. The molecule has 0 aromatic rings. The molecule has 0 aromatic heterocycles. The van der Waals surface area contributed by atoms with E-state index in [4.69, 9.17) is 23.7 Å². The van der Waals surface area contributed by atoms with Crippen molar-refractivity contribution in [3.63, 3.8) is 0 Å². The van der Waals surface area contributed by atoms with Gasteiger partial charge in [-0.3, -0.25) is 14.4 Å². The highest BCUT2D eigenvalue weighted by atomic mass is 16.7. The topological polar surface area (TPSA) is 175 Å². The average molecular weight is 1070 g/mol. The Hall–Kier alpha value is -5.14. The van der Waals surface area contributed by atoms with Crippen molar-refractivity contribution in [3.8, 4) is 0 Å². The minimum Gasteiger partial charge on any atom is -0.479 e. The minimum absolute atomic E-state index is 0.0323. The number of unbranched alkanes of at least 4 members (excludes halogenated alkanes) is 11. The fraction of sp³-hybridized carbons (Fsp3) is 0.600. The highest BCUT2D eigenvalue weighted by molar-refractivity contribution is 5.74. The van der Waals surface area contributed by atoms with Crippen molar-refractivity contribution in [1.82, 2.24) is 0 Å². The normalized spacial score (nSPS) is 19.0. The Morgan fingerprint density at radius 3 is 1.31 bits per heavy atom. The van der Waals surface area contributed by atoms with Crippen LogP contribution in [0, 0.1) is 0 Å². The number of carboxylic acid groups (broad SMARTS) is 1. The standard InChI is InChI=1S/C65H100O12/c1-4-7-10-13-16-19-22-24-26-28-29-31-32-34-37-39-42-45-48-51-57(66)73-54-56(75-58(67)52-49-46-43-41-38-35-33-30-27-25-23-20-17-14-11-8-5-2)55-74-65-63(61(70)60(69)62(77-65)64(71)72)76-59(68)53-50-47-44-40-36-21-18-15-12-9-6-3/h7-8,10-11,15-20,24-27,29,31,33-35,37,42,45,56,60-63,65,69-70H,4-6,9,12-14,21-23,28,30,32,36,38-41,43-44,46-55H2,1-3H3,(H,71,72)/b10-7-,11-8-,18-15-,19-16-,20-17-,26-24-,27-25-,31-29-,35-33-,37-34-,45-42-. The van der Waals surface area contributed by atoms with Crippen molar-refractivity contribution in [2.45, 2.75) is 237 Å². The first kappa shape index (κ1) is 69.9. The Morgan fingerprint density at radius 1 is 0.442 bits per heavy atom. The van der Waals surface area contributed by atoms with Crippen LogP contribution in [0.15, 0.2) is 134 Å². The average Bonchev–Trinajstić information content (AvgIpc) is 3.42. The Balaban J connectivity index is 2.77. The number of carbonyl (C=O) groups is 4. The fourth-order valence-electron chi connectivity index (χ4n) is 7.78. The number of hydrogen-bond acceptors (Lipinski definition) is 11. The first-order valence-electron chi connectivity index (χ1n) is 29.2. The molecule has 0 aliphatic carbocycles. The number of hydrogen-bond donors (Lipinski definition) is 3. The van der Waals surface area contributed by atoms with Gasteiger partial charge in [0.2, 0.25) is 0 Å². The summed E-state index contributed by atoms with van der Waals surface area (Å²) in [6.45, 7) is 5.61. The molecule has 77 heavy (non-hydrogen) atoms. The van der Waals surface area contributed by atoms with Gasteiger partial charge in [0.25, 0.3) is 0 Å².